The molecule has 0 radical (unpaired) electrons. The average Bonchev–Trinajstić information content (AvgIpc) is 2.62. The zero-order valence-corrected chi connectivity index (χ0v) is 16.7. The van der Waals surface area contributed by atoms with Crippen LogP contribution in [0.4, 0.5) is 5.69 Å². The Balaban J connectivity index is 2.31. The summed E-state index contributed by atoms with van der Waals surface area (Å²) in [6.07, 6.45) is 0. The number of methoxy groups -OCH3 is 1. The Kier molecular flexibility index (Phi) is 6.58. The number of nitrogens with one attached hydrogen (secondary N) is 1. The standard InChI is InChI=1S/C21H27N3O3/c1-14-7-9-15(10-8-14)19(23(2)3)20(25)22-16-11-12-18(27-6)17(13-16)21(26)24(4)5/h7-13,19H,1-6H3,(H,22,25). The summed E-state index contributed by atoms with van der Waals surface area (Å²) in [6.45, 7) is 2.01. The molecule has 0 heterocycles. The van der Waals surface area contributed by atoms with E-state index in [1.807, 2.05) is 50.2 Å². The number of anilines is 1. The topological polar surface area (TPSA) is 61.9 Å². The number of aryl methyl sites for hydroxylation is 1. The SMILES string of the molecule is COc1ccc(NC(=O)C(c2ccc(C)cc2)N(C)C)cc1C(=O)N(C)C. The zero-order valence-electron chi connectivity index (χ0n) is 16.7. The van der Waals surface area contributed by atoms with Gasteiger partial charge in [0.1, 0.15) is 11.8 Å². The monoisotopic (exact) mass is 369 g/mol. The molecule has 2 rings (SSSR count). The number of ether oxygens (including phenoxy) is 1. The van der Waals surface area contributed by atoms with Gasteiger partial charge >= 0.3 is 0 Å². The van der Waals surface area contributed by atoms with Crippen LogP contribution in [0.5, 0.6) is 5.75 Å². The van der Waals surface area contributed by atoms with Gasteiger partial charge in [-0.05, 0) is 44.8 Å². The van der Waals surface area contributed by atoms with Gasteiger partial charge in [0.25, 0.3) is 5.91 Å². The molecule has 0 bridgehead atoms. The van der Waals surface area contributed by atoms with Gasteiger partial charge in [-0.1, -0.05) is 29.8 Å². The first-order valence-corrected chi connectivity index (χ1v) is 8.68. The van der Waals surface area contributed by atoms with Gasteiger partial charge in [0, 0.05) is 19.8 Å². The lowest BCUT2D eigenvalue weighted by Gasteiger charge is -2.24. The number of carbonyl (C=O) groups is 2. The molecule has 2 aromatic rings. The van der Waals surface area contributed by atoms with Crippen LogP contribution in [-0.4, -0.2) is 56.9 Å². The van der Waals surface area contributed by atoms with Crippen molar-refractivity contribution in [2.45, 2.75) is 13.0 Å². The van der Waals surface area contributed by atoms with Crippen LogP contribution in [0.1, 0.15) is 27.5 Å². The maximum atomic E-state index is 12.9. The number of hydrogen-bond donors (Lipinski definition) is 1. The lowest BCUT2D eigenvalue weighted by molar-refractivity contribution is -0.120. The first kappa shape index (κ1) is 20.5. The van der Waals surface area contributed by atoms with E-state index in [1.54, 1.807) is 32.3 Å². The Labute approximate surface area is 160 Å². The highest BCUT2D eigenvalue weighted by molar-refractivity contribution is 6.00. The Morgan fingerprint density at radius 1 is 1.00 bits per heavy atom. The second-order valence-corrected chi connectivity index (χ2v) is 6.88. The Bertz CT molecular complexity index is 814. The number of carbonyl (C=O) groups excluding carboxylic acids is 2. The highest BCUT2D eigenvalue weighted by atomic mass is 16.5. The van der Waals surface area contributed by atoms with Gasteiger partial charge in [0.15, 0.2) is 0 Å². The number of rotatable bonds is 6. The molecule has 0 fully saturated rings. The van der Waals surface area contributed by atoms with Gasteiger partial charge in [-0.15, -0.1) is 0 Å². The summed E-state index contributed by atoms with van der Waals surface area (Å²) < 4.78 is 5.27. The smallest absolute Gasteiger partial charge is 0.257 e. The number of amides is 2. The van der Waals surface area contributed by atoms with Crippen molar-refractivity contribution in [1.29, 1.82) is 0 Å². The van der Waals surface area contributed by atoms with Crippen molar-refractivity contribution >= 4 is 17.5 Å². The molecule has 6 nitrogen and oxygen atoms in total. The van der Waals surface area contributed by atoms with Gasteiger partial charge in [0.05, 0.1) is 12.7 Å². The molecule has 27 heavy (non-hydrogen) atoms. The zero-order chi connectivity index (χ0) is 20.1. The third kappa shape index (κ3) is 4.86. The van der Waals surface area contributed by atoms with E-state index in [4.69, 9.17) is 4.74 Å². The maximum absolute atomic E-state index is 12.9. The average molecular weight is 369 g/mol. The number of hydrogen-bond acceptors (Lipinski definition) is 4. The van der Waals surface area contributed by atoms with E-state index in [2.05, 4.69) is 5.32 Å². The Morgan fingerprint density at radius 3 is 2.15 bits per heavy atom. The van der Waals surface area contributed by atoms with Crippen LogP contribution in [0, 0.1) is 6.92 Å². The summed E-state index contributed by atoms with van der Waals surface area (Å²) in [6, 6.07) is 12.5. The molecule has 0 aliphatic carbocycles. The van der Waals surface area contributed by atoms with Crippen LogP contribution >= 0.6 is 0 Å². The Morgan fingerprint density at radius 2 is 1.63 bits per heavy atom. The van der Waals surface area contributed by atoms with Gasteiger partial charge in [-0.3, -0.25) is 14.5 Å². The molecule has 0 aliphatic rings. The van der Waals surface area contributed by atoms with Crippen LogP contribution in [0.25, 0.3) is 0 Å². The quantitative estimate of drug-likeness (QED) is 0.850. The van der Waals surface area contributed by atoms with Crippen molar-refractivity contribution in [3.63, 3.8) is 0 Å². The fourth-order valence-electron chi connectivity index (χ4n) is 2.84. The van der Waals surface area contributed by atoms with Crippen LogP contribution in [0.15, 0.2) is 42.5 Å². The van der Waals surface area contributed by atoms with Crippen molar-refractivity contribution in [3.05, 3.63) is 59.2 Å². The van der Waals surface area contributed by atoms with E-state index in [0.29, 0.717) is 17.0 Å². The Hall–Kier alpha value is -2.86. The molecule has 144 valence electrons. The predicted octanol–water partition coefficient (Wildman–Crippen LogP) is 2.95. The molecule has 0 saturated carbocycles. The first-order valence-electron chi connectivity index (χ1n) is 8.68. The highest BCUT2D eigenvalue weighted by Gasteiger charge is 2.24. The highest BCUT2D eigenvalue weighted by Crippen LogP contribution is 2.26. The van der Waals surface area contributed by atoms with Crippen molar-refractivity contribution in [2.24, 2.45) is 0 Å². The van der Waals surface area contributed by atoms with E-state index in [0.717, 1.165) is 11.1 Å². The van der Waals surface area contributed by atoms with Crippen molar-refractivity contribution < 1.29 is 14.3 Å². The molecule has 2 aromatic carbocycles. The van der Waals surface area contributed by atoms with E-state index >= 15 is 0 Å². The van der Waals surface area contributed by atoms with Crippen molar-refractivity contribution in [1.82, 2.24) is 9.80 Å². The van der Waals surface area contributed by atoms with E-state index < -0.39 is 6.04 Å². The second kappa shape index (κ2) is 8.68. The van der Waals surface area contributed by atoms with Crippen LogP contribution in [0.2, 0.25) is 0 Å². The van der Waals surface area contributed by atoms with E-state index in [9.17, 15) is 9.59 Å². The summed E-state index contributed by atoms with van der Waals surface area (Å²) in [5.41, 5.74) is 2.99. The van der Waals surface area contributed by atoms with E-state index in [-0.39, 0.29) is 11.8 Å². The molecule has 1 atom stereocenters. The molecule has 6 heteroatoms. The van der Waals surface area contributed by atoms with Crippen molar-refractivity contribution in [2.75, 3.05) is 40.6 Å². The maximum Gasteiger partial charge on any atom is 0.257 e. The second-order valence-electron chi connectivity index (χ2n) is 6.88. The van der Waals surface area contributed by atoms with Crippen molar-refractivity contribution in [3.8, 4) is 5.75 Å². The summed E-state index contributed by atoms with van der Waals surface area (Å²) in [4.78, 5) is 28.6. The summed E-state index contributed by atoms with van der Waals surface area (Å²) in [5.74, 6) is 0.109. The number of likely N-dealkylation sites (N-methyl/N-ethyl adjacent to an activating group) is 1. The minimum atomic E-state index is -0.444. The molecular formula is C21H27N3O3. The summed E-state index contributed by atoms with van der Waals surface area (Å²) >= 11 is 0. The molecule has 0 spiro atoms. The van der Waals surface area contributed by atoms with Crippen LogP contribution in [0.3, 0.4) is 0 Å². The first-order chi connectivity index (χ1) is 12.7. The van der Waals surface area contributed by atoms with Gasteiger partial charge in [-0.2, -0.15) is 0 Å². The molecule has 1 unspecified atom stereocenters. The van der Waals surface area contributed by atoms with Gasteiger partial charge in [0.2, 0.25) is 5.91 Å². The van der Waals surface area contributed by atoms with Gasteiger partial charge < -0.3 is 15.0 Å². The minimum absolute atomic E-state index is 0.169. The number of nitrogens with zero attached hydrogens (tertiary/aromatic N) is 2. The van der Waals surface area contributed by atoms with Crippen LogP contribution in [-0.2, 0) is 4.79 Å². The lowest BCUT2D eigenvalue weighted by atomic mass is 10.0. The predicted molar refractivity (Wildman–Crippen MR) is 107 cm³/mol. The fraction of sp³-hybridized carbons (Fsp3) is 0.333. The largest absolute Gasteiger partial charge is 0.496 e. The normalized spacial score (nSPS) is 11.8. The van der Waals surface area contributed by atoms with E-state index in [1.165, 1.54) is 12.0 Å². The molecule has 0 saturated heterocycles. The molecule has 2 amide bonds. The molecular weight excluding hydrogens is 342 g/mol. The third-order valence-electron chi connectivity index (χ3n) is 4.26. The lowest BCUT2D eigenvalue weighted by Crippen LogP contribution is -2.32. The fourth-order valence-corrected chi connectivity index (χ4v) is 2.84. The summed E-state index contributed by atoms with van der Waals surface area (Å²) in [5, 5.41) is 2.92. The molecule has 0 aliphatic heterocycles. The number of benzene rings is 2. The van der Waals surface area contributed by atoms with Gasteiger partial charge in [-0.25, -0.2) is 0 Å². The molecule has 1 N–H and O–H groups in total. The van der Waals surface area contributed by atoms with Crippen LogP contribution < -0.4 is 10.1 Å². The summed E-state index contributed by atoms with van der Waals surface area (Å²) in [7, 11) is 8.58. The molecule has 0 aromatic heterocycles. The third-order valence-corrected chi connectivity index (χ3v) is 4.26. The minimum Gasteiger partial charge on any atom is -0.496 e.